The van der Waals surface area contributed by atoms with Crippen LogP contribution in [0.25, 0.3) is 0 Å². The Kier molecular flexibility index (Phi) is 5.39. The molecule has 0 bridgehead atoms. The average Bonchev–Trinajstić information content (AvgIpc) is 2.75. The fraction of sp³-hybridized carbons (Fsp3) is 0.273. The molecule has 0 atom stereocenters. The van der Waals surface area contributed by atoms with Gasteiger partial charge in [0.1, 0.15) is 5.82 Å². The molecule has 0 radical (unpaired) electrons. The fourth-order valence-corrected chi connectivity index (χ4v) is 3.33. The van der Waals surface area contributed by atoms with Gasteiger partial charge in [-0.1, -0.05) is 18.2 Å². The summed E-state index contributed by atoms with van der Waals surface area (Å²) in [4.78, 5) is 15.9. The first kappa shape index (κ1) is 18.3. The Morgan fingerprint density at radius 2 is 1.61 bits per heavy atom. The van der Waals surface area contributed by atoms with Crippen LogP contribution in [0.15, 0.2) is 66.9 Å². The van der Waals surface area contributed by atoms with E-state index < -0.39 is 0 Å². The lowest BCUT2D eigenvalue weighted by molar-refractivity contribution is 0.313. The lowest BCUT2D eigenvalue weighted by atomic mass is 10.2. The number of piperazine rings is 1. The van der Waals surface area contributed by atoms with E-state index in [2.05, 4.69) is 68.5 Å². The Morgan fingerprint density at radius 1 is 0.893 bits per heavy atom. The molecule has 6 nitrogen and oxygen atoms in total. The second-order valence-corrected chi connectivity index (χ2v) is 7.10. The van der Waals surface area contributed by atoms with Crippen LogP contribution >= 0.6 is 0 Å². The fourth-order valence-electron chi connectivity index (χ4n) is 3.33. The van der Waals surface area contributed by atoms with Crippen molar-refractivity contribution in [1.82, 2.24) is 14.9 Å². The molecule has 2 aromatic carbocycles. The van der Waals surface area contributed by atoms with Gasteiger partial charge in [-0.25, -0.2) is 4.98 Å². The average molecular weight is 374 g/mol. The van der Waals surface area contributed by atoms with E-state index in [4.69, 9.17) is 0 Å². The highest BCUT2D eigenvalue weighted by Gasteiger charge is 2.14. The quantitative estimate of drug-likeness (QED) is 0.734. The van der Waals surface area contributed by atoms with Gasteiger partial charge in [0.15, 0.2) is 0 Å². The van der Waals surface area contributed by atoms with E-state index >= 15 is 0 Å². The molecule has 1 aliphatic rings. The summed E-state index contributed by atoms with van der Waals surface area (Å²) in [5.41, 5.74) is 3.33. The van der Waals surface area contributed by atoms with Gasteiger partial charge in [0.2, 0.25) is 5.95 Å². The smallest absolute Gasteiger partial charge is 0.229 e. The van der Waals surface area contributed by atoms with Gasteiger partial charge in [0.25, 0.3) is 0 Å². The van der Waals surface area contributed by atoms with Crippen molar-refractivity contribution in [2.24, 2.45) is 0 Å². The predicted molar refractivity (Wildman–Crippen MR) is 116 cm³/mol. The Balaban J connectivity index is 1.44. The van der Waals surface area contributed by atoms with Crippen LogP contribution in [0, 0.1) is 0 Å². The van der Waals surface area contributed by atoms with Gasteiger partial charge in [-0.2, -0.15) is 4.98 Å². The van der Waals surface area contributed by atoms with Gasteiger partial charge < -0.3 is 20.0 Å². The van der Waals surface area contributed by atoms with Gasteiger partial charge >= 0.3 is 0 Å². The standard InChI is InChI=1S/C22H26N6/c1-26-14-16-28(17-15-26)20-10-8-18(9-11-20)24-22-23-13-12-21(25-22)27(2)19-6-4-3-5-7-19/h3-13H,14-17H2,1-2H3,(H,23,24,25). The summed E-state index contributed by atoms with van der Waals surface area (Å²) in [5, 5.41) is 3.31. The van der Waals surface area contributed by atoms with E-state index in [0.29, 0.717) is 5.95 Å². The number of likely N-dealkylation sites (N-methyl/N-ethyl adjacent to an activating group) is 1. The van der Waals surface area contributed by atoms with Crippen molar-refractivity contribution in [2.45, 2.75) is 0 Å². The van der Waals surface area contributed by atoms with E-state index in [1.165, 1.54) is 5.69 Å². The zero-order valence-corrected chi connectivity index (χ0v) is 16.4. The molecule has 1 aliphatic heterocycles. The molecule has 0 amide bonds. The minimum Gasteiger partial charge on any atom is -0.369 e. The Hall–Kier alpha value is -3.12. The van der Waals surface area contributed by atoms with Crippen LogP contribution in [0.5, 0.6) is 0 Å². The van der Waals surface area contributed by atoms with Crippen molar-refractivity contribution in [1.29, 1.82) is 0 Å². The van der Waals surface area contributed by atoms with Gasteiger partial charge in [-0.3, -0.25) is 0 Å². The predicted octanol–water partition coefficient (Wildman–Crippen LogP) is 3.74. The molecule has 0 aliphatic carbocycles. The minimum atomic E-state index is 0.590. The van der Waals surface area contributed by atoms with Crippen LogP contribution in [0.4, 0.5) is 28.8 Å². The van der Waals surface area contributed by atoms with Crippen LogP contribution in [0.1, 0.15) is 0 Å². The molecule has 1 fully saturated rings. The summed E-state index contributed by atoms with van der Waals surface area (Å²) >= 11 is 0. The van der Waals surface area contributed by atoms with Crippen LogP contribution in [-0.2, 0) is 0 Å². The Bertz CT molecular complexity index is 888. The third-order valence-electron chi connectivity index (χ3n) is 5.12. The zero-order chi connectivity index (χ0) is 19.3. The van der Waals surface area contributed by atoms with Crippen molar-refractivity contribution in [3.63, 3.8) is 0 Å². The van der Waals surface area contributed by atoms with E-state index in [9.17, 15) is 0 Å². The van der Waals surface area contributed by atoms with E-state index in [1.807, 2.05) is 36.2 Å². The number of benzene rings is 2. The molecule has 1 saturated heterocycles. The molecule has 0 saturated carbocycles. The van der Waals surface area contributed by atoms with E-state index in [1.54, 1.807) is 6.20 Å². The van der Waals surface area contributed by atoms with Crippen molar-refractivity contribution in [3.05, 3.63) is 66.9 Å². The first-order chi connectivity index (χ1) is 13.7. The molecule has 1 aromatic heterocycles. The summed E-state index contributed by atoms with van der Waals surface area (Å²) in [6, 6.07) is 20.6. The first-order valence-electron chi connectivity index (χ1n) is 9.61. The number of hydrogen-bond donors (Lipinski definition) is 1. The highest BCUT2D eigenvalue weighted by molar-refractivity contribution is 5.63. The summed E-state index contributed by atoms with van der Waals surface area (Å²) in [6.07, 6.45) is 1.78. The van der Waals surface area contributed by atoms with Gasteiger partial charge in [-0.05, 0) is 49.5 Å². The molecule has 0 spiro atoms. The molecule has 4 rings (SSSR count). The molecule has 28 heavy (non-hydrogen) atoms. The van der Waals surface area contributed by atoms with Crippen molar-refractivity contribution in [3.8, 4) is 0 Å². The topological polar surface area (TPSA) is 47.5 Å². The summed E-state index contributed by atoms with van der Waals surface area (Å²) in [5.74, 6) is 1.44. The maximum Gasteiger partial charge on any atom is 0.229 e. The molecule has 144 valence electrons. The second kappa shape index (κ2) is 8.27. The molecular formula is C22H26N6. The van der Waals surface area contributed by atoms with E-state index in [0.717, 1.165) is 43.4 Å². The third kappa shape index (κ3) is 4.23. The number of rotatable bonds is 5. The molecule has 0 unspecified atom stereocenters. The molecule has 6 heteroatoms. The number of hydrogen-bond acceptors (Lipinski definition) is 6. The third-order valence-corrected chi connectivity index (χ3v) is 5.12. The van der Waals surface area contributed by atoms with Crippen LogP contribution in [0.3, 0.4) is 0 Å². The lowest BCUT2D eigenvalue weighted by Crippen LogP contribution is -2.44. The summed E-state index contributed by atoms with van der Waals surface area (Å²) < 4.78 is 0. The first-order valence-corrected chi connectivity index (χ1v) is 9.61. The van der Waals surface area contributed by atoms with Crippen LogP contribution in [-0.4, -0.2) is 55.1 Å². The van der Waals surface area contributed by atoms with Crippen LogP contribution < -0.4 is 15.1 Å². The number of para-hydroxylation sites is 1. The van der Waals surface area contributed by atoms with Crippen molar-refractivity contribution < 1.29 is 0 Å². The minimum absolute atomic E-state index is 0.590. The SMILES string of the molecule is CN1CCN(c2ccc(Nc3nccc(N(C)c4ccccc4)n3)cc2)CC1. The number of anilines is 5. The highest BCUT2D eigenvalue weighted by Crippen LogP contribution is 2.24. The molecular weight excluding hydrogens is 348 g/mol. The molecule has 1 N–H and O–H groups in total. The Labute approximate surface area is 166 Å². The normalized spacial score (nSPS) is 14.7. The Morgan fingerprint density at radius 3 is 2.32 bits per heavy atom. The maximum atomic E-state index is 4.65. The maximum absolute atomic E-state index is 4.65. The van der Waals surface area contributed by atoms with Crippen molar-refractivity contribution >= 4 is 28.8 Å². The zero-order valence-electron chi connectivity index (χ0n) is 16.4. The van der Waals surface area contributed by atoms with Gasteiger partial charge in [0.05, 0.1) is 0 Å². The van der Waals surface area contributed by atoms with E-state index in [-0.39, 0.29) is 0 Å². The van der Waals surface area contributed by atoms with Crippen molar-refractivity contribution in [2.75, 3.05) is 55.4 Å². The molecule has 2 heterocycles. The number of nitrogens with one attached hydrogen (secondary N) is 1. The highest BCUT2D eigenvalue weighted by atomic mass is 15.2. The summed E-state index contributed by atoms with van der Waals surface area (Å²) in [7, 11) is 4.18. The summed E-state index contributed by atoms with van der Waals surface area (Å²) in [6.45, 7) is 4.35. The monoisotopic (exact) mass is 374 g/mol. The molecule has 3 aromatic rings. The second-order valence-electron chi connectivity index (χ2n) is 7.10. The number of nitrogens with zero attached hydrogens (tertiary/aromatic N) is 5. The number of aromatic nitrogens is 2. The van der Waals surface area contributed by atoms with Gasteiger partial charge in [0, 0.05) is 56.5 Å². The van der Waals surface area contributed by atoms with Gasteiger partial charge in [-0.15, -0.1) is 0 Å². The largest absolute Gasteiger partial charge is 0.369 e. The lowest BCUT2D eigenvalue weighted by Gasteiger charge is -2.34. The van der Waals surface area contributed by atoms with Crippen LogP contribution in [0.2, 0.25) is 0 Å².